The highest BCUT2D eigenvalue weighted by Gasteiger charge is 2.50. The number of urea groups is 1. The van der Waals surface area contributed by atoms with Crippen molar-refractivity contribution in [2.75, 3.05) is 6.54 Å². The number of Topliss-reactive ketones (excluding diaryl/α,β-unsaturated/α-hetero) is 1. The van der Waals surface area contributed by atoms with Gasteiger partial charge in [0.15, 0.2) is 5.78 Å². The van der Waals surface area contributed by atoms with Crippen LogP contribution < -0.4 is 5.32 Å². The largest absolute Gasteiger partial charge is 0.325 e. The zero-order valence-electron chi connectivity index (χ0n) is 12.6. The molecule has 1 saturated heterocycles. The van der Waals surface area contributed by atoms with Crippen LogP contribution in [0.3, 0.4) is 0 Å². The average molecular weight is 343 g/mol. The second kappa shape index (κ2) is 6.79. The predicted octanol–water partition coefficient (Wildman–Crippen LogP) is 3.48. The number of hydrogen-bond donors (Lipinski definition) is 1. The summed E-state index contributed by atoms with van der Waals surface area (Å²) >= 11 is 6.96. The van der Waals surface area contributed by atoms with Gasteiger partial charge >= 0.3 is 6.03 Å². The van der Waals surface area contributed by atoms with Crippen LogP contribution in [0.5, 0.6) is 0 Å². The molecular formula is C15H19ClN2O3S. The smallest absolute Gasteiger partial charge is 0.323 e. The van der Waals surface area contributed by atoms with Crippen LogP contribution in [0.25, 0.3) is 0 Å². The molecular weight excluding hydrogens is 324 g/mol. The van der Waals surface area contributed by atoms with E-state index in [2.05, 4.69) is 5.32 Å². The molecule has 22 heavy (non-hydrogen) atoms. The van der Waals surface area contributed by atoms with E-state index in [1.165, 1.54) is 0 Å². The first-order chi connectivity index (χ1) is 10.4. The Morgan fingerprint density at radius 2 is 1.91 bits per heavy atom. The van der Waals surface area contributed by atoms with E-state index in [4.69, 9.17) is 11.6 Å². The molecule has 0 radical (unpaired) electrons. The molecule has 0 spiro atoms. The first-order valence-electron chi connectivity index (χ1n) is 7.36. The molecule has 0 saturated carbocycles. The molecule has 7 heteroatoms. The Balaban J connectivity index is 2.16. The van der Waals surface area contributed by atoms with Crippen molar-refractivity contribution < 1.29 is 14.4 Å². The molecule has 0 atom stereocenters. The van der Waals surface area contributed by atoms with E-state index in [9.17, 15) is 14.4 Å². The van der Waals surface area contributed by atoms with Crippen LogP contribution in [0.15, 0.2) is 12.1 Å². The number of halogens is 1. The lowest BCUT2D eigenvalue weighted by molar-refractivity contribution is -0.131. The van der Waals surface area contributed by atoms with E-state index in [0.717, 1.165) is 29.1 Å². The number of rotatable bonds is 7. The van der Waals surface area contributed by atoms with Crippen LogP contribution in [0.2, 0.25) is 4.34 Å². The van der Waals surface area contributed by atoms with Gasteiger partial charge in [-0.15, -0.1) is 11.3 Å². The van der Waals surface area contributed by atoms with Crippen LogP contribution in [-0.2, 0) is 4.79 Å². The summed E-state index contributed by atoms with van der Waals surface area (Å²) in [5.41, 5.74) is -0.853. The van der Waals surface area contributed by atoms with Crippen molar-refractivity contribution in [1.29, 1.82) is 0 Å². The molecule has 120 valence electrons. The lowest BCUT2D eigenvalue weighted by atomic mass is 9.88. The first kappa shape index (κ1) is 17.0. The van der Waals surface area contributed by atoms with Crippen LogP contribution in [0.1, 0.15) is 49.2 Å². The van der Waals surface area contributed by atoms with Gasteiger partial charge < -0.3 is 5.32 Å². The van der Waals surface area contributed by atoms with Crippen molar-refractivity contribution in [2.45, 2.75) is 45.1 Å². The lowest BCUT2D eigenvalue weighted by Gasteiger charge is -2.25. The fourth-order valence-corrected chi connectivity index (χ4v) is 3.80. The van der Waals surface area contributed by atoms with Crippen molar-refractivity contribution >= 4 is 40.7 Å². The second-order valence-electron chi connectivity index (χ2n) is 5.43. The fourth-order valence-electron chi connectivity index (χ4n) is 2.82. The molecule has 1 fully saturated rings. The van der Waals surface area contributed by atoms with Crippen molar-refractivity contribution in [3.8, 4) is 0 Å². The summed E-state index contributed by atoms with van der Waals surface area (Å²) in [5.74, 6) is -0.568. The number of carbonyl (C=O) groups excluding carboxylic acids is 3. The van der Waals surface area contributed by atoms with E-state index in [-0.39, 0.29) is 18.2 Å². The predicted molar refractivity (Wildman–Crippen MR) is 86.5 cm³/mol. The number of hydrogen-bond acceptors (Lipinski definition) is 4. The Bertz CT molecular complexity index is 593. The lowest BCUT2D eigenvalue weighted by Crippen LogP contribution is -2.47. The summed E-state index contributed by atoms with van der Waals surface area (Å²) in [5, 5.41) is 2.79. The number of nitrogens with one attached hydrogen (secondary N) is 1. The average Bonchev–Trinajstić information content (AvgIpc) is 2.98. The van der Waals surface area contributed by atoms with Gasteiger partial charge in [0, 0.05) is 0 Å². The highest BCUT2D eigenvalue weighted by molar-refractivity contribution is 7.18. The molecule has 3 amide bonds. The van der Waals surface area contributed by atoms with E-state index in [1.807, 2.05) is 13.8 Å². The molecule has 5 nitrogen and oxygen atoms in total. The molecule has 1 aromatic heterocycles. The Morgan fingerprint density at radius 3 is 2.41 bits per heavy atom. The third kappa shape index (κ3) is 3.17. The Kier molecular flexibility index (Phi) is 5.24. The summed E-state index contributed by atoms with van der Waals surface area (Å²) in [6.07, 6.45) is 2.74. The maximum atomic E-state index is 12.7. The summed E-state index contributed by atoms with van der Waals surface area (Å²) in [6, 6.07) is 2.76. The highest BCUT2D eigenvalue weighted by atomic mass is 35.5. The van der Waals surface area contributed by atoms with Crippen molar-refractivity contribution in [3.63, 3.8) is 0 Å². The summed E-state index contributed by atoms with van der Waals surface area (Å²) in [7, 11) is 0. The van der Waals surface area contributed by atoms with Gasteiger partial charge in [0.2, 0.25) is 0 Å². The first-order valence-corrected chi connectivity index (χ1v) is 8.55. The van der Waals surface area contributed by atoms with Gasteiger partial charge in [0.05, 0.1) is 15.8 Å². The molecule has 2 rings (SSSR count). The molecule has 1 N–H and O–H groups in total. The normalized spacial score (nSPS) is 17.0. The minimum atomic E-state index is -0.853. The van der Waals surface area contributed by atoms with Crippen LogP contribution in [-0.4, -0.2) is 34.7 Å². The quantitative estimate of drug-likeness (QED) is 0.609. The minimum absolute atomic E-state index is 0.239. The van der Waals surface area contributed by atoms with E-state index in [1.54, 1.807) is 12.1 Å². The van der Waals surface area contributed by atoms with Gasteiger partial charge in [-0.2, -0.15) is 0 Å². The van der Waals surface area contributed by atoms with Crippen molar-refractivity contribution in [2.24, 2.45) is 0 Å². The number of thiophene rings is 1. The molecule has 1 aromatic rings. The Morgan fingerprint density at radius 1 is 1.27 bits per heavy atom. The van der Waals surface area contributed by atoms with Crippen molar-refractivity contribution in [1.82, 2.24) is 10.2 Å². The van der Waals surface area contributed by atoms with Gasteiger partial charge in [0.1, 0.15) is 5.54 Å². The van der Waals surface area contributed by atoms with E-state index < -0.39 is 11.6 Å². The Labute approximate surface area is 138 Å². The summed E-state index contributed by atoms with van der Waals surface area (Å²) < 4.78 is 0.506. The van der Waals surface area contributed by atoms with Gasteiger partial charge in [-0.05, 0) is 25.0 Å². The summed E-state index contributed by atoms with van der Waals surface area (Å²) in [4.78, 5) is 38.5. The molecule has 1 aliphatic rings. The van der Waals surface area contributed by atoms with Crippen LogP contribution in [0, 0.1) is 0 Å². The molecule has 0 aliphatic carbocycles. The van der Waals surface area contributed by atoms with E-state index in [0.29, 0.717) is 22.1 Å². The van der Waals surface area contributed by atoms with Gasteiger partial charge in [-0.1, -0.05) is 38.3 Å². The fraction of sp³-hybridized carbons (Fsp3) is 0.533. The molecule has 2 heterocycles. The van der Waals surface area contributed by atoms with Crippen molar-refractivity contribution in [3.05, 3.63) is 21.3 Å². The molecule has 0 aromatic carbocycles. The summed E-state index contributed by atoms with van der Waals surface area (Å²) in [6.45, 7) is 3.70. The second-order valence-corrected chi connectivity index (χ2v) is 7.15. The highest BCUT2D eigenvalue weighted by Crippen LogP contribution is 2.29. The van der Waals surface area contributed by atoms with Gasteiger partial charge in [-0.3, -0.25) is 14.5 Å². The maximum Gasteiger partial charge on any atom is 0.325 e. The number of imide groups is 1. The topological polar surface area (TPSA) is 66.5 Å². The van der Waals surface area contributed by atoms with Crippen LogP contribution >= 0.6 is 22.9 Å². The SMILES string of the molecule is CCCC1(CCC)NC(=O)N(CC(=O)c2ccc(Cl)s2)C1=O. The van der Waals surface area contributed by atoms with Crippen LogP contribution in [0.4, 0.5) is 4.79 Å². The number of amides is 3. The zero-order chi connectivity index (χ0) is 16.3. The maximum absolute atomic E-state index is 12.7. The monoisotopic (exact) mass is 342 g/mol. The zero-order valence-corrected chi connectivity index (χ0v) is 14.2. The third-order valence-corrected chi connectivity index (χ3v) is 5.02. The standard InChI is InChI=1S/C15H19ClN2O3S/c1-3-7-15(8-4-2)13(20)18(14(21)17-15)9-10(19)11-5-6-12(16)22-11/h5-6H,3-4,7-9H2,1-2H3,(H,17,21). The third-order valence-electron chi connectivity index (χ3n) is 3.75. The number of nitrogens with zero attached hydrogens (tertiary/aromatic N) is 1. The van der Waals surface area contributed by atoms with E-state index >= 15 is 0 Å². The molecule has 0 bridgehead atoms. The van der Waals surface area contributed by atoms with Gasteiger partial charge in [-0.25, -0.2) is 4.79 Å². The molecule has 1 aliphatic heterocycles. The molecule has 0 unspecified atom stereocenters. The Hall–Kier alpha value is -1.40. The minimum Gasteiger partial charge on any atom is -0.323 e. The number of carbonyl (C=O) groups is 3. The number of ketones is 1. The van der Waals surface area contributed by atoms with Gasteiger partial charge in [0.25, 0.3) is 5.91 Å².